The average Bonchev–Trinajstić information content (AvgIpc) is 2.34. The van der Waals surface area contributed by atoms with Gasteiger partial charge in [0.2, 0.25) is 0 Å². The van der Waals surface area contributed by atoms with Crippen molar-refractivity contribution in [1.29, 1.82) is 0 Å². The Balaban J connectivity index is 0.00000162. The predicted octanol–water partition coefficient (Wildman–Crippen LogP) is 4.30. The van der Waals surface area contributed by atoms with Crippen molar-refractivity contribution in [3.05, 3.63) is 33.3 Å². The molecule has 110 valence electrons. The molecule has 1 aliphatic rings. The van der Waals surface area contributed by atoms with Crippen molar-refractivity contribution in [2.45, 2.75) is 19.4 Å². The summed E-state index contributed by atoms with van der Waals surface area (Å²) in [6.07, 6.45) is 1.13. The van der Waals surface area contributed by atoms with Crippen molar-refractivity contribution < 1.29 is 0 Å². The molecule has 0 unspecified atom stereocenters. The molecule has 2 nitrogen and oxygen atoms in total. The van der Waals surface area contributed by atoms with Gasteiger partial charge in [0.15, 0.2) is 0 Å². The highest BCUT2D eigenvalue weighted by molar-refractivity contribution is 9.10. The Hall–Kier alpha value is 0.490. The highest BCUT2D eigenvalue weighted by Crippen LogP contribution is 2.32. The molecule has 0 amide bonds. The Morgan fingerprint density at radius 2 is 1.95 bits per heavy atom. The molecule has 1 aromatic rings. The van der Waals surface area contributed by atoms with Gasteiger partial charge in [-0.1, -0.05) is 40.5 Å². The van der Waals surface area contributed by atoms with Crippen LogP contribution in [0.15, 0.2) is 22.7 Å². The van der Waals surface area contributed by atoms with E-state index in [1.807, 2.05) is 12.1 Å². The Kier molecular flexibility index (Phi) is 9.67. The minimum atomic E-state index is 0. The molecular weight excluding hydrogens is 370 g/mol. The topological polar surface area (TPSA) is 15.3 Å². The van der Waals surface area contributed by atoms with E-state index < -0.39 is 0 Å². The number of hydrogen-bond donors (Lipinski definition) is 1. The van der Waals surface area contributed by atoms with Gasteiger partial charge in [-0.05, 0) is 24.1 Å². The van der Waals surface area contributed by atoms with Crippen LogP contribution in [0.2, 0.25) is 5.02 Å². The van der Waals surface area contributed by atoms with E-state index in [4.69, 9.17) is 11.6 Å². The van der Waals surface area contributed by atoms with Gasteiger partial charge in [-0.25, -0.2) is 0 Å². The summed E-state index contributed by atoms with van der Waals surface area (Å²) in [7, 11) is 0. The predicted molar refractivity (Wildman–Crippen MR) is 91.1 cm³/mol. The Bertz CT molecular complexity index is 384. The summed E-state index contributed by atoms with van der Waals surface area (Å²) < 4.78 is 1.12. The van der Waals surface area contributed by atoms with Crippen LogP contribution in [-0.2, 0) is 0 Å². The molecule has 1 N–H and O–H groups in total. The van der Waals surface area contributed by atoms with Gasteiger partial charge in [-0.2, -0.15) is 0 Å². The van der Waals surface area contributed by atoms with E-state index in [9.17, 15) is 0 Å². The van der Waals surface area contributed by atoms with Crippen LogP contribution in [0.4, 0.5) is 0 Å². The molecule has 1 heterocycles. The molecule has 0 bridgehead atoms. The summed E-state index contributed by atoms with van der Waals surface area (Å²) in [5, 5.41) is 4.18. The fourth-order valence-electron chi connectivity index (χ4n) is 2.44. The number of halogens is 4. The molecule has 0 saturated carbocycles. The van der Waals surface area contributed by atoms with Crippen molar-refractivity contribution in [3.8, 4) is 0 Å². The van der Waals surface area contributed by atoms with E-state index in [2.05, 4.69) is 39.1 Å². The fraction of sp³-hybridized carbons (Fsp3) is 0.538. The maximum absolute atomic E-state index is 6.00. The maximum Gasteiger partial charge on any atom is 0.0417 e. The normalized spacial score (nSPS) is 17.2. The molecule has 19 heavy (non-hydrogen) atoms. The van der Waals surface area contributed by atoms with Crippen molar-refractivity contribution in [2.24, 2.45) is 0 Å². The van der Waals surface area contributed by atoms with Crippen LogP contribution >= 0.6 is 52.3 Å². The first kappa shape index (κ1) is 19.5. The second kappa shape index (κ2) is 9.43. The van der Waals surface area contributed by atoms with Gasteiger partial charge < -0.3 is 5.32 Å². The monoisotopic (exact) mass is 388 g/mol. The Labute approximate surface area is 141 Å². The Morgan fingerprint density at radius 1 is 1.32 bits per heavy atom. The van der Waals surface area contributed by atoms with Gasteiger partial charge >= 0.3 is 0 Å². The maximum atomic E-state index is 6.00. The second-order valence-electron chi connectivity index (χ2n) is 4.38. The zero-order valence-corrected chi connectivity index (χ0v) is 14.8. The summed E-state index contributed by atoms with van der Waals surface area (Å²) >= 11 is 9.63. The standard InChI is InChI=1S/C13H18BrClN2.2ClH/c1-2-13(17-7-5-16-6-8-17)11-4-3-10(15)9-12(11)14;;/h3-4,9,13,16H,2,5-8H2,1H3;2*1H/t13-;;/m0../s1. The average molecular weight is 391 g/mol. The summed E-state index contributed by atoms with van der Waals surface area (Å²) in [5.41, 5.74) is 1.35. The third kappa shape index (κ3) is 5.07. The van der Waals surface area contributed by atoms with Crippen LogP contribution in [0.1, 0.15) is 24.9 Å². The van der Waals surface area contributed by atoms with Crippen molar-refractivity contribution >= 4 is 52.3 Å². The zero-order valence-electron chi connectivity index (χ0n) is 10.9. The van der Waals surface area contributed by atoms with E-state index in [-0.39, 0.29) is 24.8 Å². The van der Waals surface area contributed by atoms with Gasteiger partial charge in [0.05, 0.1) is 0 Å². The van der Waals surface area contributed by atoms with Gasteiger partial charge in [0.25, 0.3) is 0 Å². The van der Waals surface area contributed by atoms with Crippen LogP contribution in [-0.4, -0.2) is 31.1 Å². The Morgan fingerprint density at radius 3 is 2.47 bits per heavy atom. The summed E-state index contributed by atoms with van der Waals surface area (Å²) in [6, 6.07) is 6.60. The number of piperazine rings is 1. The van der Waals surface area contributed by atoms with Crippen molar-refractivity contribution in [1.82, 2.24) is 10.2 Å². The van der Waals surface area contributed by atoms with E-state index in [1.54, 1.807) is 0 Å². The van der Waals surface area contributed by atoms with Crippen LogP contribution in [0.3, 0.4) is 0 Å². The molecule has 2 rings (SSSR count). The van der Waals surface area contributed by atoms with Crippen LogP contribution < -0.4 is 5.32 Å². The fourth-order valence-corrected chi connectivity index (χ4v) is 3.39. The molecular formula is C13H20BrCl3N2. The molecule has 1 aliphatic heterocycles. The lowest BCUT2D eigenvalue weighted by Crippen LogP contribution is -2.45. The second-order valence-corrected chi connectivity index (χ2v) is 5.67. The van der Waals surface area contributed by atoms with E-state index in [1.165, 1.54) is 5.56 Å². The lowest BCUT2D eigenvalue weighted by Gasteiger charge is -2.35. The highest BCUT2D eigenvalue weighted by atomic mass is 79.9. The molecule has 6 heteroatoms. The van der Waals surface area contributed by atoms with Crippen LogP contribution in [0.5, 0.6) is 0 Å². The van der Waals surface area contributed by atoms with Gasteiger partial charge in [-0.15, -0.1) is 24.8 Å². The van der Waals surface area contributed by atoms with Crippen LogP contribution in [0, 0.1) is 0 Å². The number of rotatable bonds is 3. The van der Waals surface area contributed by atoms with E-state index >= 15 is 0 Å². The number of nitrogens with one attached hydrogen (secondary N) is 1. The lowest BCUT2D eigenvalue weighted by molar-refractivity contribution is 0.169. The van der Waals surface area contributed by atoms with Gasteiger partial charge in [0.1, 0.15) is 0 Å². The van der Waals surface area contributed by atoms with E-state index in [0.29, 0.717) is 6.04 Å². The third-order valence-corrected chi connectivity index (χ3v) is 4.22. The summed E-state index contributed by atoms with van der Waals surface area (Å²) in [6.45, 7) is 6.65. The van der Waals surface area contributed by atoms with Gasteiger partial charge in [-0.3, -0.25) is 4.90 Å². The molecule has 0 aliphatic carbocycles. The zero-order chi connectivity index (χ0) is 12.3. The molecule has 1 atom stereocenters. The first-order chi connectivity index (χ1) is 8.22. The van der Waals surface area contributed by atoms with E-state index in [0.717, 1.165) is 42.1 Å². The van der Waals surface area contributed by atoms with Gasteiger partial charge in [0, 0.05) is 41.7 Å². The highest BCUT2D eigenvalue weighted by Gasteiger charge is 2.22. The SMILES string of the molecule is CC[C@@H](c1ccc(Cl)cc1Br)N1CCNCC1.Cl.Cl. The molecule has 0 spiro atoms. The number of benzene rings is 1. The van der Waals surface area contributed by atoms with Crippen LogP contribution in [0.25, 0.3) is 0 Å². The number of hydrogen-bond acceptors (Lipinski definition) is 2. The summed E-state index contributed by atoms with van der Waals surface area (Å²) in [4.78, 5) is 2.55. The molecule has 1 fully saturated rings. The minimum absolute atomic E-state index is 0. The quantitative estimate of drug-likeness (QED) is 0.828. The van der Waals surface area contributed by atoms with Crippen molar-refractivity contribution in [2.75, 3.05) is 26.2 Å². The molecule has 0 radical (unpaired) electrons. The largest absolute Gasteiger partial charge is 0.314 e. The van der Waals surface area contributed by atoms with Crippen molar-refractivity contribution in [3.63, 3.8) is 0 Å². The molecule has 0 aromatic heterocycles. The lowest BCUT2D eigenvalue weighted by atomic mass is 10.0. The number of nitrogens with zero attached hydrogens (tertiary/aromatic N) is 1. The first-order valence-corrected chi connectivity index (χ1v) is 7.29. The summed E-state index contributed by atoms with van der Waals surface area (Å²) in [5.74, 6) is 0. The molecule has 1 saturated heterocycles. The minimum Gasteiger partial charge on any atom is -0.314 e. The first-order valence-electron chi connectivity index (χ1n) is 6.12. The smallest absolute Gasteiger partial charge is 0.0417 e. The molecule has 1 aromatic carbocycles. The third-order valence-electron chi connectivity index (χ3n) is 3.30.